The minimum atomic E-state index is -0.799. The van der Waals surface area contributed by atoms with E-state index in [0.717, 1.165) is 17.7 Å². The number of hydrogen-bond donors (Lipinski definition) is 1. The largest absolute Gasteiger partial charge is 0.496 e. The molecule has 0 saturated carbocycles. The van der Waals surface area contributed by atoms with Gasteiger partial charge >= 0.3 is 0 Å². The van der Waals surface area contributed by atoms with Gasteiger partial charge in [0.1, 0.15) is 17.6 Å². The molecule has 0 bridgehead atoms. The summed E-state index contributed by atoms with van der Waals surface area (Å²) in [6, 6.07) is 6.95. The summed E-state index contributed by atoms with van der Waals surface area (Å²) >= 11 is 5.96. The Bertz CT molecular complexity index is 534. The topological polar surface area (TPSA) is 42.6 Å². The van der Waals surface area contributed by atoms with Gasteiger partial charge in [-0.3, -0.25) is 0 Å². The van der Waals surface area contributed by atoms with E-state index in [4.69, 9.17) is 20.8 Å². The molecule has 0 fully saturated rings. The summed E-state index contributed by atoms with van der Waals surface area (Å²) in [6.07, 6.45) is 1.50. The average molecular weight is 267 g/mol. The number of halogens is 1. The minimum absolute atomic E-state index is 0.561. The smallest absolute Gasteiger partial charge is 0.125 e. The van der Waals surface area contributed by atoms with Crippen LogP contribution in [0, 0.1) is 0 Å². The molecule has 4 heteroatoms. The lowest BCUT2D eigenvalue weighted by atomic mass is 10.0. The summed E-state index contributed by atoms with van der Waals surface area (Å²) in [7, 11) is 1.57. The Hall–Kier alpha value is -1.45. The molecule has 1 unspecified atom stereocenters. The van der Waals surface area contributed by atoms with E-state index in [-0.39, 0.29) is 0 Å². The van der Waals surface area contributed by atoms with Gasteiger partial charge in [-0.2, -0.15) is 0 Å². The second-order valence-corrected chi connectivity index (χ2v) is 4.38. The Labute approximate surface area is 111 Å². The Kier molecular flexibility index (Phi) is 3.94. The Morgan fingerprint density at radius 3 is 2.78 bits per heavy atom. The van der Waals surface area contributed by atoms with Crippen LogP contribution in [0.2, 0.25) is 5.02 Å². The van der Waals surface area contributed by atoms with Crippen molar-refractivity contribution in [1.82, 2.24) is 0 Å². The number of furan rings is 1. The van der Waals surface area contributed by atoms with Crippen molar-refractivity contribution in [3.63, 3.8) is 0 Å². The van der Waals surface area contributed by atoms with Gasteiger partial charge in [0, 0.05) is 22.6 Å². The van der Waals surface area contributed by atoms with Crippen LogP contribution in [0.1, 0.15) is 29.9 Å². The molecule has 0 aliphatic carbocycles. The van der Waals surface area contributed by atoms with Gasteiger partial charge in [-0.15, -0.1) is 0 Å². The van der Waals surface area contributed by atoms with E-state index in [2.05, 4.69) is 0 Å². The summed E-state index contributed by atoms with van der Waals surface area (Å²) in [5.74, 6) is 1.37. The number of methoxy groups -OCH3 is 1. The molecule has 2 aromatic rings. The fourth-order valence-electron chi connectivity index (χ4n) is 1.97. The van der Waals surface area contributed by atoms with E-state index in [9.17, 15) is 5.11 Å². The van der Waals surface area contributed by atoms with E-state index in [1.54, 1.807) is 37.6 Å². The molecule has 3 nitrogen and oxygen atoms in total. The predicted octanol–water partition coefficient (Wildman–Crippen LogP) is 3.59. The highest BCUT2D eigenvalue weighted by molar-refractivity contribution is 6.30. The predicted molar refractivity (Wildman–Crippen MR) is 70.2 cm³/mol. The molecule has 18 heavy (non-hydrogen) atoms. The highest BCUT2D eigenvalue weighted by Crippen LogP contribution is 2.34. The number of hydrogen-bond acceptors (Lipinski definition) is 3. The average Bonchev–Trinajstić information content (AvgIpc) is 2.86. The van der Waals surface area contributed by atoms with Gasteiger partial charge in [0.05, 0.1) is 13.4 Å². The molecule has 0 saturated heterocycles. The lowest BCUT2D eigenvalue weighted by Crippen LogP contribution is -2.03. The second kappa shape index (κ2) is 5.46. The SMILES string of the molecule is CCc1occc1C(O)c1cc(Cl)ccc1OC. The third-order valence-corrected chi connectivity index (χ3v) is 3.12. The first-order chi connectivity index (χ1) is 8.67. The van der Waals surface area contributed by atoms with Gasteiger partial charge in [-0.25, -0.2) is 0 Å². The first-order valence-corrected chi connectivity index (χ1v) is 6.13. The van der Waals surface area contributed by atoms with E-state index in [0.29, 0.717) is 16.3 Å². The number of aryl methyl sites for hydroxylation is 1. The summed E-state index contributed by atoms with van der Waals surface area (Å²) in [6.45, 7) is 1.98. The highest BCUT2D eigenvalue weighted by atomic mass is 35.5. The van der Waals surface area contributed by atoms with Crippen LogP contribution < -0.4 is 4.74 Å². The highest BCUT2D eigenvalue weighted by Gasteiger charge is 2.20. The third kappa shape index (κ3) is 2.37. The standard InChI is InChI=1S/C14H15ClO3/c1-3-12-10(6-7-18-12)14(16)11-8-9(15)4-5-13(11)17-2/h4-8,14,16H,3H2,1-2H3. The van der Waals surface area contributed by atoms with Crippen LogP contribution in [-0.2, 0) is 6.42 Å². The Balaban J connectivity index is 2.45. The molecular formula is C14H15ClO3. The molecule has 0 radical (unpaired) electrons. The quantitative estimate of drug-likeness (QED) is 0.920. The van der Waals surface area contributed by atoms with Gasteiger partial charge in [-0.1, -0.05) is 18.5 Å². The summed E-state index contributed by atoms with van der Waals surface area (Å²) in [5.41, 5.74) is 1.39. The molecule has 1 N–H and O–H groups in total. The first kappa shape index (κ1) is 13.0. The summed E-state index contributed by atoms with van der Waals surface area (Å²) < 4.78 is 10.6. The van der Waals surface area contributed by atoms with Gasteiger partial charge < -0.3 is 14.3 Å². The van der Waals surface area contributed by atoms with Crippen LogP contribution in [0.25, 0.3) is 0 Å². The monoisotopic (exact) mass is 266 g/mol. The summed E-state index contributed by atoms with van der Waals surface area (Å²) in [4.78, 5) is 0. The maximum atomic E-state index is 10.4. The van der Waals surface area contributed by atoms with Crippen molar-refractivity contribution in [2.45, 2.75) is 19.4 Å². The summed E-state index contributed by atoms with van der Waals surface area (Å²) in [5, 5.41) is 11.0. The zero-order chi connectivity index (χ0) is 13.1. The molecule has 0 amide bonds. The maximum Gasteiger partial charge on any atom is 0.125 e. The Morgan fingerprint density at radius 1 is 1.33 bits per heavy atom. The number of aliphatic hydroxyl groups excluding tert-OH is 1. The van der Waals surface area contributed by atoms with Crippen molar-refractivity contribution < 1.29 is 14.3 Å². The second-order valence-electron chi connectivity index (χ2n) is 3.94. The lowest BCUT2D eigenvalue weighted by Gasteiger charge is -2.15. The molecule has 1 aromatic carbocycles. The van der Waals surface area contributed by atoms with Crippen LogP contribution in [0.3, 0.4) is 0 Å². The van der Waals surface area contributed by atoms with Crippen LogP contribution in [-0.4, -0.2) is 12.2 Å². The number of rotatable bonds is 4. The lowest BCUT2D eigenvalue weighted by molar-refractivity contribution is 0.212. The van der Waals surface area contributed by atoms with Gasteiger partial charge in [0.25, 0.3) is 0 Å². The molecule has 1 aromatic heterocycles. The number of ether oxygens (including phenoxy) is 1. The van der Waals surface area contributed by atoms with Crippen molar-refractivity contribution in [1.29, 1.82) is 0 Å². The molecule has 1 heterocycles. The van der Waals surface area contributed by atoms with E-state index >= 15 is 0 Å². The molecule has 0 aliphatic heterocycles. The molecule has 0 aliphatic rings. The fourth-order valence-corrected chi connectivity index (χ4v) is 2.15. The fraction of sp³-hybridized carbons (Fsp3) is 0.286. The van der Waals surface area contributed by atoms with Crippen LogP contribution in [0.4, 0.5) is 0 Å². The van der Waals surface area contributed by atoms with Crippen molar-refractivity contribution in [2.24, 2.45) is 0 Å². The third-order valence-electron chi connectivity index (χ3n) is 2.88. The molecule has 2 rings (SSSR count). The molecule has 0 spiro atoms. The van der Waals surface area contributed by atoms with Crippen molar-refractivity contribution in [2.75, 3.05) is 7.11 Å². The van der Waals surface area contributed by atoms with E-state index in [1.165, 1.54) is 0 Å². The maximum absolute atomic E-state index is 10.4. The van der Waals surface area contributed by atoms with Crippen molar-refractivity contribution >= 4 is 11.6 Å². The Morgan fingerprint density at radius 2 is 2.11 bits per heavy atom. The van der Waals surface area contributed by atoms with Crippen molar-refractivity contribution in [3.05, 3.63) is 52.4 Å². The normalized spacial score (nSPS) is 12.4. The van der Waals surface area contributed by atoms with Gasteiger partial charge in [0.2, 0.25) is 0 Å². The molecule has 1 atom stereocenters. The first-order valence-electron chi connectivity index (χ1n) is 5.75. The minimum Gasteiger partial charge on any atom is -0.496 e. The zero-order valence-corrected chi connectivity index (χ0v) is 11.1. The van der Waals surface area contributed by atoms with Crippen LogP contribution >= 0.6 is 11.6 Å². The van der Waals surface area contributed by atoms with E-state index < -0.39 is 6.10 Å². The van der Waals surface area contributed by atoms with Gasteiger partial charge in [-0.05, 0) is 24.3 Å². The van der Waals surface area contributed by atoms with Crippen LogP contribution in [0.5, 0.6) is 5.75 Å². The van der Waals surface area contributed by atoms with Gasteiger partial charge in [0.15, 0.2) is 0 Å². The molecule has 96 valence electrons. The van der Waals surface area contributed by atoms with E-state index in [1.807, 2.05) is 6.92 Å². The van der Waals surface area contributed by atoms with Crippen molar-refractivity contribution in [3.8, 4) is 5.75 Å². The zero-order valence-electron chi connectivity index (χ0n) is 10.3. The molecular weight excluding hydrogens is 252 g/mol. The van der Waals surface area contributed by atoms with Crippen LogP contribution in [0.15, 0.2) is 34.9 Å². The number of benzene rings is 1. The number of aliphatic hydroxyl groups is 1.